The molecule has 0 saturated carbocycles. The van der Waals surface area contributed by atoms with Gasteiger partial charge in [0.2, 0.25) is 0 Å². The quantitative estimate of drug-likeness (QED) is 0.555. The lowest BCUT2D eigenvalue weighted by Crippen LogP contribution is -2.34. The Balaban J connectivity index is 1.85. The van der Waals surface area contributed by atoms with Gasteiger partial charge in [-0.3, -0.25) is 9.59 Å². The van der Waals surface area contributed by atoms with Gasteiger partial charge in [0, 0.05) is 5.56 Å². The van der Waals surface area contributed by atoms with Crippen LogP contribution in [0.15, 0.2) is 47.6 Å². The number of hydrogen-bond donors (Lipinski definition) is 2. The first-order chi connectivity index (χ1) is 13.7. The van der Waals surface area contributed by atoms with E-state index in [0.717, 1.165) is 11.1 Å². The summed E-state index contributed by atoms with van der Waals surface area (Å²) in [6, 6.07) is 12.6. The van der Waals surface area contributed by atoms with E-state index in [1.54, 1.807) is 44.6 Å². The number of nitrogens with zero attached hydrogens (tertiary/aromatic N) is 1. The number of amides is 2. The zero-order chi connectivity index (χ0) is 21.4. The van der Waals surface area contributed by atoms with Gasteiger partial charge >= 0.3 is 0 Å². The van der Waals surface area contributed by atoms with Crippen LogP contribution < -0.4 is 20.2 Å². The van der Waals surface area contributed by atoms with E-state index < -0.39 is 5.91 Å². The maximum atomic E-state index is 12.2. The van der Waals surface area contributed by atoms with Gasteiger partial charge in [-0.25, -0.2) is 5.43 Å². The lowest BCUT2D eigenvalue weighted by Gasteiger charge is -2.19. The number of carbonyl (C=O) groups excluding carboxylic acids is 2. The molecule has 0 unspecified atom stereocenters. The fourth-order valence-corrected chi connectivity index (χ4v) is 2.54. The summed E-state index contributed by atoms with van der Waals surface area (Å²) in [5.74, 6) is 0.422. The van der Waals surface area contributed by atoms with E-state index in [1.807, 2.05) is 12.1 Å². The zero-order valence-electron chi connectivity index (χ0n) is 17.4. The molecule has 0 atom stereocenters. The van der Waals surface area contributed by atoms with Crippen molar-refractivity contribution < 1.29 is 19.1 Å². The zero-order valence-corrected chi connectivity index (χ0v) is 17.4. The van der Waals surface area contributed by atoms with E-state index in [9.17, 15) is 9.59 Å². The summed E-state index contributed by atoms with van der Waals surface area (Å²) in [7, 11) is 3.10. The molecule has 29 heavy (non-hydrogen) atoms. The summed E-state index contributed by atoms with van der Waals surface area (Å²) in [4.78, 5) is 24.1. The number of hydrogen-bond acceptors (Lipinski definition) is 5. The van der Waals surface area contributed by atoms with E-state index in [-0.39, 0.29) is 17.9 Å². The average molecular weight is 397 g/mol. The summed E-state index contributed by atoms with van der Waals surface area (Å²) >= 11 is 0. The van der Waals surface area contributed by atoms with E-state index in [4.69, 9.17) is 9.47 Å². The Kier molecular flexibility index (Phi) is 7.36. The van der Waals surface area contributed by atoms with Gasteiger partial charge in [0.15, 0.2) is 11.5 Å². The summed E-state index contributed by atoms with van der Waals surface area (Å²) in [5.41, 5.74) is 4.75. The number of hydrazone groups is 1. The minimum absolute atomic E-state index is 0.0147. The highest BCUT2D eigenvalue weighted by atomic mass is 16.5. The van der Waals surface area contributed by atoms with Crippen LogP contribution >= 0.6 is 0 Å². The van der Waals surface area contributed by atoms with Crippen molar-refractivity contribution in [1.82, 2.24) is 10.7 Å². The lowest BCUT2D eigenvalue weighted by molar-refractivity contribution is -0.120. The van der Waals surface area contributed by atoms with Crippen LogP contribution in [0, 0.1) is 0 Å². The van der Waals surface area contributed by atoms with Crippen molar-refractivity contribution in [2.75, 3.05) is 20.8 Å². The predicted molar refractivity (Wildman–Crippen MR) is 113 cm³/mol. The molecular formula is C22H27N3O4. The Morgan fingerprint density at radius 3 is 2.24 bits per heavy atom. The van der Waals surface area contributed by atoms with Crippen molar-refractivity contribution in [3.63, 3.8) is 0 Å². The van der Waals surface area contributed by atoms with Crippen LogP contribution in [0.25, 0.3) is 0 Å². The highest BCUT2D eigenvalue weighted by Crippen LogP contribution is 2.26. The largest absolute Gasteiger partial charge is 0.493 e. The molecule has 0 bridgehead atoms. The third-order valence-corrected chi connectivity index (χ3v) is 4.23. The summed E-state index contributed by atoms with van der Waals surface area (Å²) in [6.07, 6.45) is 1.48. The van der Waals surface area contributed by atoms with Crippen molar-refractivity contribution in [2.24, 2.45) is 5.10 Å². The molecule has 2 rings (SSSR count). The first-order valence-electron chi connectivity index (χ1n) is 9.17. The van der Waals surface area contributed by atoms with Gasteiger partial charge in [0.25, 0.3) is 11.8 Å². The molecule has 154 valence electrons. The van der Waals surface area contributed by atoms with E-state index in [1.165, 1.54) is 6.21 Å². The molecule has 2 aromatic carbocycles. The van der Waals surface area contributed by atoms with Crippen LogP contribution in [-0.2, 0) is 10.2 Å². The molecule has 0 saturated heterocycles. The van der Waals surface area contributed by atoms with Gasteiger partial charge in [-0.15, -0.1) is 0 Å². The number of methoxy groups -OCH3 is 2. The van der Waals surface area contributed by atoms with Crippen molar-refractivity contribution in [3.8, 4) is 11.5 Å². The van der Waals surface area contributed by atoms with Gasteiger partial charge in [0.1, 0.15) is 0 Å². The third-order valence-electron chi connectivity index (χ3n) is 4.23. The normalized spacial score (nSPS) is 11.2. The van der Waals surface area contributed by atoms with Gasteiger partial charge in [-0.05, 0) is 46.9 Å². The Labute approximate surface area is 171 Å². The van der Waals surface area contributed by atoms with Crippen molar-refractivity contribution in [2.45, 2.75) is 26.2 Å². The highest BCUT2D eigenvalue weighted by molar-refractivity contribution is 5.96. The molecule has 0 radical (unpaired) electrons. The van der Waals surface area contributed by atoms with E-state index in [0.29, 0.717) is 17.1 Å². The molecule has 0 fully saturated rings. The minimum Gasteiger partial charge on any atom is -0.493 e. The van der Waals surface area contributed by atoms with Crippen LogP contribution in [0.3, 0.4) is 0 Å². The summed E-state index contributed by atoms with van der Waals surface area (Å²) in [5, 5.41) is 6.47. The average Bonchev–Trinajstić information content (AvgIpc) is 2.71. The monoisotopic (exact) mass is 397 g/mol. The smallest absolute Gasteiger partial charge is 0.259 e. The summed E-state index contributed by atoms with van der Waals surface area (Å²) < 4.78 is 10.4. The molecule has 0 aliphatic carbocycles. The molecule has 2 amide bonds. The van der Waals surface area contributed by atoms with Gasteiger partial charge in [-0.1, -0.05) is 32.9 Å². The number of nitrogens with one attached hydrogen (secondary N) is 2. The van der Waals surface area contributed by atoms with Crippen molar-refractivity contribution in [3.05, 3.63) is 59.2 Å². The molecule has 0 aliphatic heterocycles. The predicted octanol–water partition coefficient (Wildman–Crippen LogP) is 2.88. The topological polar surface area (TPSA) is 89.0 Å². The molecule has 0 spiro atoms. The summed E-state index contributed by atoms with van der Waals surface area (Å²) in [6.45, 7) is 6.14. The Bertz CT molecular complexity index is 884. The molecule has 7 heteroatoms. The first kappa shape index (κ1) is 21.9. The Morgan fingerprint density at radius 1 is 1.00 bits per heavy atom. The molecule has 0 heterocycles. The Morgan fingerprint density at radius 2 is 1.66 bits per heavy atom. The number of ether oxygens (including phenoxy) is 2. The molecule has 2 aromatic rings. The van der Waals surface area contributed by atoms with Crippen LogP contribution in [-0.4, -0.2) is 38.8 Å². The SMILES string of the molecule is COc1ccc(C=NNC(=O)CNC(=O)c2ccc(C(C)(C)C)cc2)cc1OC. The van der Waals surface area contributed by atoms with Crippen molar-refractivity contribution in [1.29, 1.82) is 0 Å². The van der Waals surface area contributed by atoms with Crippen LogP contribution in [0.1, 0.15) is 42.3 Å². The van der Waals surface area contributed by atoms with Gasteiger partial charge in [0.05, 0.1) is 27.0 Å². The first-order valence-corrected chi connectivity index (χ1v) is 9.17. The van der Waals surface area contributed by atoms with Crippen LogP contribution in [0.2, 0.25) is 0 Å². The maximum absolute atomic E-state index is 12.2. The maximum Gasteiger partial charge on any atom is 0.259 e. The standard InChI is InChI=1S/C22H27N3O4/c1-22(2,3)17-9-7-16(8-10-17)21(27)23-14-20(26)25-24-13-15-6-11-18(28-4)19(12-15)29-5/h6-13H,14H2,1-5H3,(H,23,27)(H,25,26). The number of rotatable bonds is 7. The van der Waals surface area contributed by atoms with E-state index >= 15 is 0 Å². The number of benzene rings is 2. The second-order valence-corrected chi connectivity index (χ2v) is 7.42. The van der Waals surface area contributed by atoms with Crippen LogP contribution in [0.4, 0.5) is 0 Å². The van der Waals surface area contributed by atoms with Gasteiger partial charge < -0.3 is 14.8 Å². The second kappa shape index (κ2) is 9.73. The Hall–Kier alpha value is -3.35. The van der Waals surface area contributed by atoms with Crippen LogP contribution in [0.5, 0.6) is 11.5 Å². The van der Waals surface area contributed by atoms with E-state index in [2.05, 4.69) is 36.6 Å². The lowest BCUT2D eigenvalue weighted by atomic mass is 9.87. The molecule has 0 aliphatic rings. The molecular weight excluding hydrogens is 370 g/mol. The molecule has 7 nitrogen and oxygen atoms in total. The van der Waals surface area contributed by atoms with Crippen molar-refractivity contribution >= 4 is 18.0 Å². The number of carbonyl (C=O) groups is 2. The minimum atomic E-state index is -0.429. The molecule has 2 N–H and O–H groups in total. The molecule has 0 aromatic heterocycles. The third kappa shape index (κ3) is 6.34. The fraction of sp³-hybridized carbons (Fsp3) is 0.318. The second-order valence-electron chi connectivity index (χ2n) is 7.42. The highest BCUT2D eigenvalue weighted by Gasteiger charge is 2.14. The fourth-order valence-electron chi connectivity index (χ4n) is 2.54. The van der Waals surface area contributed by atoms with Gasteiger partial charge in [-0.2, -0.15) is 5.10 Å².